The normalized spacial score (nSPS) is 24.1. The van der Waals surface area contributed by atoms with E-state index < -0.39 is 5.60 Å². The Morgan fingerprint density at radius 3 is 2.89 bits per heavy atom. The molecule has 1 aromatic carbocycles. The van der Waals surface area contributed by atoms with Crippen molar-refractivity contribution in [3.05, 3.63) is 29.6 Å². The first-order valence-corrected chi connectivity index (χ1v) is 6.36. The highest BCUT2D eigenvalue weighted by Gasteiger charge is 2.29. The number of anilines is 1. The van der Waals surface area contributed by atoms with Crippen molar-refractivity contribution in [2.75, 3.05) is 18.0 Å². The Bertz CT molecular complexity index is 476. The van der Waals surface area contributed by atoms with Gasteiger partial charge in [0.1, 0.15) is 10.8 Å². The highest BCUT2D eigenvalue weighted by atomic mass is 32.1. The molecule has 5 heteroatoms. The van der Waals surface area contributed by atoms with E-state index in [1.807, 2.05) is 11.8 Å². The summed E-state index contributed by atoms with van der Waals surface area (Å²) in [5.74, 6) is -0.356. The third-order valence-corrected chi connectivity index (χ3v) is 3.46. The van der Waals surface area contributed by atoms with Crippen molar-refractivity contribution in [2.24, 2.45) is 5.73 Å². The Morgan fingerprint density at radius 2 is 2.28 bits per heavy atom. The van der Waals surface area contributed by atoms with Gasteiger partial charge in [-0.3, -0.25) is 0 Å². The van der Waals surface area contributed by atoms with Crippen molar-refractivity contribution in [2.45, 2.75) is 25.4 Å². The van der Waals surface area contributed by atoms with Crippen LogP contribution in [0.5, 0.6) is 0 Å². The summed E-state index contributed by atoms with van der Waals surface area (Å²) in [5.41, 5.74) is 6.24. The largest absolute Gasteiger partial charge is 0.389 e. The zero-order chi connectivity index (χ0) is 13.3. The van der Waals surface area contributed by atoms with Gasteiger partial charge in [-0.25, -0.2) is 4.39 Å². The van der Waals surface area contributed by atoms with Crippen LogP contribution in [0.3, 0.4) is 0 Å². The van der Waals surface area contributed by atoms with Crippen LogP contribution < -0.4 is 10.6 Å². The minimum Gasteiger partial charge on any atom is -0.389 e. The smallest absolute Gasteiger partial charge is 0.124 e. The molecule has 3 N–H and O–H groups in total. The van der Waals surface area contributed by atoms with Crippen molar-refractivity contribution in [1.82, 2.24) is 0 Å². The van der Waals surface area contributed by atoms with Crippen molar-refractivity contribution >= 4 is 22.9 Å². The van der Waals surface area contributed by atoms with Crippen molar-refractivity contribution in [3.8, 4) is 0 Å². The van der Waals surface area contributed by atoms with E-state index in [1.54, 1.807) is 6.07 Å². The van der Waals surface area contributed by atoms with E-state index >= 15 is 0 Å². The van der Waals surface area contributed by atoms with Gasteiger partial charge >= 0.3 is 0 Å². The van der Waals surface area contributed by atoms with Crippen LogP contribution in [0, 0.1) is 5.82 Å². The van der Waals surface area contributed by atoms with Gasteiger partial charge in [-0.05, 0) is 38.0 Å². The van der Waals surface area contributed by atoms with Crippen LogP contribution in [0.25, 0.3) is 0 Å². The molecule has 1 aliphatic rings. The highest BCUT2D eigenvalue weighted by Crippen LogP contribution is 2.28. The Hall–Kier alpha value is -1.20. The second-order valence-corrected chi connectivity index (χ2v) is 5.49. The highest BCUT2D eigenvalue weighted by molar-refractivity contribution is 7.80. The predicted molar refractivity (Wildman–Crippen MR) is 74.4 cm³/mol. The lowest BCUT2D eigenvalue weighted by Gasteiger charge is -2.39. The number of nitrogens with zero attached hydrogens (tertiary/aromatic N) is 1. The Labute approximate surface area is 111 Å². The number of nitrogens with two attached hydrogens (primary N) is 1. The zero-order valence-corrected chi connectivity index (χ0v) is 11.1. The standard InChI is InChI=1S/C13H17FN2OS/c1-13(17)5-2-6-16(8-13)11-4-3-9(14)7-10(11)12(15)18/h3-4,7,17H,2,5-6,8H2,1H3,(H2,15,18). The van der Waals surface area contributed by atoms with Gasteiger partial charge in [-0.1, -0.05) is 12.2 Å². The molecule has 0 spiro atoms. The zero-order valence-electron chi connectivity index (χ0n) is 10.3. The summed E-state index contributed by atoms with van der Waals surface area (Å²) in [4.78, 5) is 2.19. The average Bonchev–Trinajstić information content (AvgIpc) is 2.27. The molecular formula is C13H17FN2OS. The maximum atomic E-state index is 13.2. The SMILES string of the molecule is CC1(O)CCCN(c2ccc(F)cc2C(N)=S)C1. The lowest BCUT2D eigenvalue weighted by Crippen LogP contribution is -2.46. The topological polar surface area (TPSA) is 49.5 Å². The van der Waals surface area contributed by atoms with Crippen molar-refractivity contribution in [1.29, 1.82) is 0 Å². The third kappa shape index (κ3) is 2.79. The van der Waals surface area contributed by atoms with E-state index in [0.717, 1.165) is 25.1 Å². The molecular weight excluding hydrogens is 251 g/mol. The molecule has 1 heterocycles. The summed E-state index contributed by atoms with van der Waals surface area (Å²) in [6.07, 6.45) is 1.66. The van der Waals surface area contributed by atoms with Crippen LogP contribution >= 0.6 is 12.2 Å². The number of β-amino-alcohol motifs (C(OH)–C–C–N with tert-alkyl or cyclic N) is 1. The summed E-state index contributed by atoms with van der Waals surface area (Å²) in [6, 6.07) is 4.41. The van der Waals surface area contributed by atoms with Gasteiger partial charge < -0.3 is 15.7 Å². The summed E-state index contributed by atoms with van der Waals surface area (Å²) in [7, 11) is 0. The molecule has 1 aromatic rings. The maximum absolute atomic E-state index is 13.2. The molecule has 98 valence electrons. The summed E-state index contributed by atoms with van der Waals surface area (Å²) in [6.45, 7) is 3.13. The third-order valence-electron chi connectivity index (χ3n) is 3.24. The molecule has 2 rings (SSSR count). The van der Waals surface area contributed by atoms with Gasteiger partial charge in [-0.2, -0.15) is 0 Å². The number of hydrogen-bond donors (Lipinski definition) is 2. The van der Waals surface area contributed by atoms with E-state index in [4.69, 9.17) is 18.0 Å². The summed E-state index contributed by atoms with van der Waals surface area (Å²) < 4.78 is 13.2. The van der Waals surface area contributed by atoms with Crippen LogP contribution in [-0.4, -0.2) is 28.8 Å². The van der Waals surface area contributed by atoms with Crippen LogP contribution in [0.1, 0.15) is 25.3 Å². The van der Waals surface area contributed by atoms with Gasteiger partial charge in [0.15, 0.2) is 0 Å². The molecule has 1 unspecified atom stereocenters. The molecule has 0 aromatic heterocycles. The average molecular weight is 268 g/mol. The van der Waals surface area contributed by atoms with Gasteiger partial charge in [-0.15, -0.1) is 0 Å². The molecule has 1 atom stereocenters. The molecule has 1 fully saturated rings. The van der Waals surface area contributed by atoms with E-state index in [2.05, 4.69) is 0 Å². The van der Waals surface area contributed by atoms with Gasteiger partial charge in [0, 0.05) is 24.3 Å². The van der Waals surface area contributed by atoms with Gasteiger partial charge in [0.2, 0.25) is 0 Å². The maximum Gasteiger partial charge on any atom is 0.124 e. The van der Waals surface area contributed by atoms with E-state index in [0.29, 0.717) is 12.1 Å². The summed E-state index contributed by atoms with van der Waals surface area (Å²) >= 11 is 4.96. The Kier molecular flexibility index (Phi) is 3.54. The van der Waals surface area contributed by atoms with Gasteiger partial charge in [0.25, 0.3) is 0 Å². The van der Waals surface area contributed by atoms with Crippen LogP contribution in [-0.2, 0) is 0 Å². The molecule has 0 aliphatic carbocycles. The molecule has 0 bridgehead atoms. The molecule has 18 heavy (non-hydrogen) atoms. The van der Waals surface area contributed by atoms with Gasteiger partial charge in [0.05, 0.1) is 5.60 Å². The molecule has 0 amide bonds. The molecule has 3 nitrogen and oxygen atoms in total. The fourth-order valence-electron chi connectivity index (χ4n) is 2.41. The monoisotopic (exact) mass is 268 g/mol. The van der Waals surface area contributed by atoms with E-state index in [-0.39, 0.29) is 10.8 Å². The predicted octanol–water partition coefficient (Wildman–Crippen LogP) is 1.81. The second-order valence-electron chi connectivity index (χ2n) is 5.05. The number of thiocarbonyl (C=S) groups is 1. The number of aliphatic hydroxyl groups is 1. The summed E-state index contributed by atoms with van der Waals surface area (Å²) in [5, 5.41) is 10.1. The number of piperidine rings is 1. The molecule has 1 saturated heterocycles. The van der Waals surface area contributed by atoms with E-state index in [1.165, 1.54) is 12.1 Å². The first-order valence-electron chi connectivity index (χ1n) is 5.96. The van der Waals surface area contributed by atoms with Crippen LogP contribution in [0.15, 0.2) is 18.2 Å². The first-order chi connectivity index (χ1) is 8.39. The Balaban J connectivity index is 2.35. The number of hydrogen-bond acceptors (Lipinski definition) is 3. The van der Waals surface area contributed by atoms with Crippen LogP contribution in [0.4, 0.5) is 10.1 Å². The number of benzene rings is 1. The fraction of sp³-hybridized carbons (Fsp3) is 0.462. The van der Waals surface area contributed by atoms with Crippen LogP contribution in [0.2, 0.25) is 0 Å². The number of halogens is 1. The van der Waals surface area contributed by atoms with Crippen molar-refractivity contribution < 1.29 is 9.50 Å². The molecule has 0 saturated carbocycles. The lowest BCUT2D eigenvalue weighted by molar-refractivity contribution is 0.0449. The van der Waals surface area contributed by atoms with Crippen molar-refractivity contribution in [3.63, 3.8) is 0 Å². The lowest BCUT2D eigenvalue weighted by atomic mass is 9.94. The quantitative estimate of drug-likeness (QED) is 0.803. The number of rotatable bonds is 2. The molecule has 1 aliphatic heterocycles. The minimum atomic E-state index is -0.722. The fourth-order valence-corrected chi connectivity index (χ4v) is 2.57. The minimum absolute atomic E-state index is 0.176. The van der Waals surface area contributed by atoms with E-state index in [9.17, 15) is 9.50 Å². The second kappa shape index (κ2) is 4.82. The molecule has 0 radical (unpaired) electrons. The first kappa shape index (κ1) is 13.2. The Morgan fingerprint density at radius 1 is 1.56 bits per heavy atom.